The number of ketones is 1. The van der Waals surface area contributed by atoms with Crippen LogP contribution in [0.2, 0.25) is 0 Å². The summed E-state index contributed by atoms with van der Waals surface area (Å²) in [5.74, 6) is 0.678. The Labute approximate surface area is 102 Å². The minimum atomic E-state index is -0.550. The first-order valence-corrected chi connectivity index (χ1v) is 5.77. The molecule has 1 aliphatic rings. The number of aliphatic hydroxyl groups is 1. The van der Waals surface area contributed by atoms with Crippen LogP contribution in [0.15, 0.2) is 36.6 Å². The third-order valence-corrected chi connectivity index (χ3v) is 3.25. The normalized spacial score (nSPS) is 24.8. The second-order valence-corrected chi connectivity index (χ2v) is 4.77. The zero-order valence-corrected chi connectivity index (χ0v) is 10.6. The fourth-order valence-electron chi connectivity index (χ4n) is 1.42. The largest absolute Gasteiger partial charge is 0.496 e. The topological polar surface area (TPSA) is 46.5 Å². The second kappa shape index (κ2) is 5.32. The van der Waals surface area contributed by atoms with E-state index in [-0.39, 0.29) is 11.7 Å². The monoisotopic (exact) mass is 236 g/mol. The molecule has 0 aromatic heterocycles. The van der Waals surface area contributed by atoms with Gasteiger partial charge in [-0.3, -0.25) is 4.79 Å². The first-order valence-electron chi connectivity index (χ1n) is 5.77. The van der Waals surface area contributed by atoms with Crippen molar-refractivity contribution in [2.75, 3.05) is 6.61 Å². The van der Waals surface area contributed by atoms with Gasteiger partial charge in [-0.05, 0) is 13.0 Å². The van der Waals surface area contributed by atoms with Crippen LogP contribution in [0.25, 0.3) is 0 Å². The molecule has 0 fully saturated rings. The Morgan fingerprint density at radius 2 is 2.35 bits per heavy atom. The van der Waals surface area contributed by atoms with Crippen LogP contribution in [0, 0.1) is 11.3 Å². The van der Waals surface area contributed by atoms with E-state index >= 15 is 0 Å². The molecular weight excluding hydrogens is 216 g/mol. The first-order chi connectivity index (χ1) is 7.89. The molecule has 0 aromatic rings. The molecule has 0 saturated heterocycles. The van der Waals surface area contributed by atoms with Crippen molar-refractivity contribution in [3.8, 4) is 0 Å². The zero-order valence-electron chi connectivity index (χ0n) is 10.6. The molecule has 1 rings (SSSR count). The number of carbonyl (C=O) groups is 1. The highest BCUT2D eigenvalue weighted by Gasteiger charge is 2.28. The summed E-state index contributed by atoms with van der Waals surface area (Å²) in [6, 6.07) is 0. The summed E-state index contributed by atoms with van der Waals surface area (Å²) in [6.07, 6.45) is 5.98. The summed E-state index contributed by atoms with van der Waals surface area (Å²) >= 11 is 0. The molecule has 94 valence electrons. The average Bonchev–Trinajstić information content (AvgIpc) is 2.29. The minimum absolute atomic E-state index is 0.0598. The van der Waals surface area contributed by atoms with Gasteiger partial charge in [0.15, 0.2) is 5.78 Å². The third kappa shape index (κ3) is 3.30. The molecule has 17 heavy (non-hydrogen) atoms. The molecule has 0 radical (unpaired) electrons. The van der Waals surface area contributed by atoms with Gasteiger partial charge in [0.05, 0.1) is 12.7 Å². The van der Waals surface area contributed by atoms with E-state index in [4.69, 9.17) is 4.74 Å². The summed E-state index contributed by atoms with van der Waals surface area (Å²) in [7, 11) is 0. The van der Waals surface area contributed by atoms with Crippen molar-refractivity contribution in [2.24, 2.45) is 11.3 Å². The van der Waals surface area contributed by atoms with Crippen molar-refractivity contribution in [3.63, 3.8) is 0 Å². The zero-order chi connectivity index (χ0) is 13.1. The molecule has 0 amide bonds. The molecule has 3 atom stereocenters. The summed E-state index contributed by atoms with van der Waals surface area (Å²) in [4.78, 5) is 11.2. The van der Waals surface area contributed by atoms with Gasteiger partial charge in [0.1, 0.15) is 5.76 Å². The molecule has 0 spiro atoms. The van der Waals surface area contributed by atoms with Crippen LogP contribution in [-0.4, -0.2) is 23.6 Å². The van der Waals surface area contributed by atoms with Crippen molar-refractivity contribution in [1.82, 2.24) is 0 Å². The van der Waals surface area contributed by atoms with Crippen LogP contribution in [0.5, 0.6) is 0 Å². The Hall–Kier alpha value is -1.35. The molecule has 0 heterocycles. The number of rotatable bonds is 5. The van der Waals surface area contributed by atoms with Gasteiger partial charge in [-0.25, -0.2) is 0 Å². The number of allylic oxidation sites excluding steroid dienone is 3. The maximum Gasteiger partial charge on any atom is 0.181 e. The molecule has 3 nitrogen and oxygen atoms in total. The first kappa shape index (κ1) is 13.7. The maximum absolute atomic E-state index is 11.2. The minimum Gasteiger partial charge on any atom is -0.496 e. The smallest absolute Gasteiger partial charge is 0.181 e. The lowest BCUT2D eigenvalue weighted by atomic mass is 9.86. The summed E-state index contributed by atoms with van der Waals surface area (Å²) < 4.78 is 5.64. The quantitative estimate of drug-likeness (QED) is 0.745. The third-order valence-electron chi connectivity index (χ3n) is 3.25. The van der Waals surface area contributed by atoms with Crippen LogP contribution < -0.4 is 0 Å². The molecule has 0 aromatic carbocycles. The molecule has 0 bridgehead atoms. The SMILES string of the molecule is C=CC(C)(COC1=CC(=O)C=CC1C)[C@@H](C)O. The Kier molecular flexibility index (Phi) is 4.29. The lowest BCUT2D eigenvalue weighted by Gasteiger charge is -2.30. The van der Waals surface area contributed by atoms with Crippen LogP contribution in [0.3, 0.4) is 0 Å². The van der Waals surface area contributed by atoms with Crippen molar-refractivity contribution in [2.45, 2.75) is 26.9 Å². The Morgan fingerprint density at radius 3 is 2.88 bits per heavy atom. The van der Waals surface area contributed by atoms with E-state index in [1.807, 2.05) is 19.9 Å². The second-order valence-electron chi connectivity index (χ2n) is 4.77. The number of ether oxygens (including phenoxy) is 1. The van der Waals surface area contributed by atoms with Crippen LogP contribution >= 0.6 is 0 Å². The van der Waals surface area contributed by atoms with E-state index in [1.165, 1.54) is 6.08 Å². The standard InChI is InChI=1S/C14H20O3/c1-5-14(4,11(3)15)9-17-13-8-12(16)7-6-10(13)2/h5-8,10-11,15H,1,9H2,2-4H3/t10?,11-,14?/m1/s1. The molecule has 3 heteroatoms. The highest BCUT2D eigenvalue weighted by molar-refractivity contribution is 6.00. The number of carbonyl (C=O) groups excluding carboxylic acids is 1. The van der Waals surface area contributed by atoms with Crippen molar-refractivity contribution in [3.05, 3.63) is 36.6 Å². The van der Waals surface area contributed by atoms with Gasteiger partial charge < -0.3 is 9.84 Å². The lowest BCUT2D eigenvalue weighted by Crippen LogP contribution is -2.33. The number of hydrogen-bond donors (Lipinski definition) is 1. The van der Waals surface area contributed by atoms with Gasteiger partial charge in [-0.2, -0.15) is 0 Å². The van der Waals surface area contributed by atoms with Crippen molar-refractivity contribution >= 4 is 5.78 Å². The average molecular weight is 236 g/mol. The fourth-order valence-corrected chi connectivity index (χ4v) is 1.42. The van der Waals surface area contributed by atoms with Gasteiger partial charge in [-0.1, -0.05) is 26.0 Å². The predicted octanol–water partition coefficient (Wildman–Crippen LogP) is 2.24. The Balaban J connectivity index is 2.67. The van der Waals surface area contributed by atoms with E-state index in [1.54, 1.807) is 19.1 Å². The van der Waals surface area contributed by atoms with Crippen molar-refractivity contribution in [1.29, 1.82) is 0 Å². The Bertz CT molecular complexity index is 366. The molecule has 0 saturated carbocycles. The molecule has 0 aliphatic heterocycles. The predicted molar refractivity (Wildman–Crippen MR) is 67.3 cm³/mol. The lowest BCUT2D eigenvalue weighted by molar-refractivity contribution is -0.110. The van der Waals surface area contributed by atoms with E-state index in [9.17, 15) is 9.90 Å². The van der Waals surface area contributed by atoms with Gasteiger partial charge in [-0.15, -0.1) is 6.58 Å². The van der Waals surface area contributed by atoms with E-state index in [0.717, 1.165) is 0 Å². The van der Waals surface area contributed by atoms with Crippen molar-refractivity contribution < 1.29 is 14.6 Å². The van der Waals surface area contributed by atoms with E-state index in [0.29, 0.717) is 12.4 Å². The fraction of sp³-hybridized carbons (Fsp3) is 0.500. The van der Waals surface area contributed by atoms with Crippen LogP contribution in [0.4, 0.5) is 0 Å². The summed E-state index contributed by atoms with van der Waals surface area (Å²) in [5, 5.41) is 9.67. The van der Waals surface area contributed by atoms with Crippen LogP contribution in [0.1, 0.15) is 20.8 Å². The number of hydrogen-bond acceptors (Lipinski definition) is 3. The van der Waals surface area contributed by atoms with Gasteiger partial charge in [0, 0.05) is 17.4 Å². The van der Waals surface area contributed by atoms with E-state index < -0.39 is 11.5 Å². The molecule has 1 N–H and O–H groups in total. The summed E-state index contributed by atoms with van der Waals surface area (Å²) in [6.45, 7) is 9.56. The molecule has 2 unspecified atom stereocenters. The molecular formula is C14H20O3. The number of aliphatic hydroxyl groups excluding tert-OH is 1. The van der Waals surface area contributed by atoms with Crippen LogP contribution in [-0.2, 0) is 9.53 Å². The molecule has 1 aliphatic carbocycles. The summed E-state index contributed by atoms with van der Waals surface area (Å²) in [5.41, 5.74) is -0.509. The van der Waals surface area contributed by atoms with E-state index in [2.05, 4.69) is 6.58 Å². The van der Waals surface area contributed by atoms with Gasteiger partial charge >= 0.3 is 0 Å². The highest BCUT2D eigenvalue weighted by Crippen LogP contribution is 2.27. The van der Waals surface area contributed by atoms with Gasteiger partial charge in [0.2, 0.25) is 0 Å². The maximum atomic E-state index is 11.2. The van der Waals surface area contributed by atoms with Gasteiger partial charge in [0.25, 0.3) is 0 Å². The highest BCUT2D eigenvalue weighted by atomic mass is 16.5. The Morgan fingerprint density at radius 1 is 1.71 bits per heavy atom.